The number of H-pyrrole nitrogens is 1. The summed E-state index contributed by atoms with van der Waals surface area (Å²) in [5.41, 5.74) is 2.16. The van der Waals surface area contributed by atoms with E-state index in [0.29, 0.717) is 0 Å². The summed E-state index contributed by atoms with van der Waals surface area (Å²) in [6, 6.07) is 2.27. The van der Waals surface area contributed by atoms with Crippen LogP contribution < -0.4 is 5.32 Å². The summed E-state index contributed by atoms with van der Waals surface area (Å²) in [4.78, 5) is 0. The minimum atomic E-state index is 0.149. The third kappa shape index (κ3) is 3.01. The second-order valence-corrected chi connectivity index (χ2v) is 6.21. The second-order valence-electron chi connectivity index (χ2n) is 3.92. The van der Waals surface area contributed by atoms with Crippen molar-refractivity contribution in [2.24, 2.45) is 0 Å². The van der Waals surface area contributed by atoms with Crippen LogP contribution in [0, 0.1) is 0 Å². The normalized spacial score (nSPS) is 14.8. The molecular formula is C11H13Cl2N3S. The smallest absolute Gasteiger partial charge is 0.0991 e. The van der Waals surface area contributed by atoms with E-state index in [9.17, 15) is 0 Å². The first-order valence-corrected chi connectivity index (χ1v) is 6.84. The largest absolute Gasteiger partial charge is 0.303 e. The molecule has 0 aliphatic carbocycles. The molecule has 0 aliphatic rings. The third-order valence-electron chi connectivity index (χ3n) is 2.67. The molecular weight excluding hydrogens is 277 g/mol. The van der Waals surface area contributed by atoms with Gasteiger partial charge in [0.2, 0.25) is 0 Å². The van der Waals surface area contributed by atoms with Crippen molar-refractivity contribution in [3.63, 3.8) is 0 Å². The van der Waals surface area contributed by atoms with Crippen LogP contribution in [0.3, 0.4) is 0 Å². The first-order chi connectivity index (χ1) is 8.08. The molecule has 0 amide bonds. The Morgan fingerprint density at radius 2 is 2.12 bits per heavy atom. The monoisotopic (exact) mass is 289 g/mol. The number of nitrogens with zero attached hydrogens (tertiary/aromatic N) is 1. The fourth-order valence-corrected chi connectivity index (χ4v) is 3.35. The minimum absolute atomic E-state index is 0.149. The van der Waals surface area contributed by atoms with Gasteiger partial charge in [0.15, 0.2) is 0 Å². The van der Waals surface area contributed by atoms with Gasteiger partial charge in [-0.05, 0) is 25.5 Å². The highest BCUT2D eigenvalue weighted by Crippen LogP contribution is 2.35. The molecule has 0 bridgehead atoms. The first kappa shape index (κ1) is 12.9. The SMILES string of the molecule is CC(NC(C)c1cc(Cl)sc1Cl)c1cn[nH]c1. The van der Waals surface area contributed by atoms with Crippen LogP contribution in [0.25, 0.3) is 0 Å². The van der Waals surface area contributed by atoms with Gasteiger partial charge in [-0.15, -0.1) is 11.3 Å². The topological polar surface area (TPSA) is 40.7 Å². The molecule has 17 heavy (non-hydrogen) atoms. The molecule has 0 aromatic carbocycles. The number of aromatic nitrogens is 2. The highest BCUT2D eigenvalue weighted by molar-refractivity contribution is 7.20. The summed E-state index contributed by atoms with van der Waals surface area (Å²) in [6.07, 6.45) is 3.69. The predicted octanol–water partition coefficient (Wildman–Crippen LogP) is 4.19. The quantitative estimate of drug-likeness (QED) is 0.886. The lowest BCUT2D eigenvalue weighted by atomic mass is 10.1. The minimum Gasteiger partial charge on any atom is -0.303 e. The Labute approximate surface area is 114 Å². The van der Waals surface area contributed by atoms with E-state index in [2.05, 4.69) is 29.4 Å². The number of thiophene rings is 1. The van der Waals surface area contributed by atoms with Crippen LogP contribution in [0.4, 0.5) is 0 Å². The van der Waals surface area contributed by atoms with Crippen LogP contribution in [-0.2, 0) is 0 Å². The average Bonchev–Trinajstić information content (AvgIpc) is 2.87. The van der Waals surface area contributed by atoms with Crippen molar-refractivity contribution in [3.8, 4) is 0 Å². The van der Waals surface area contributed by atoms with Gasteiger partial charge >= 0.3 is 0 Å². The summed E-state index contributed by atoms with van der Waals surface area (Å²) in [7, 11) is 0. The Kier molecular flexibility index (Phi) is 4.09. The Balaban J connectivity index is 2.06. The molecule has 2 heterocycles. The standard InChI is InChI=1S/C11H13Cl2N3S/c1-6(8-4-14-15-5-8)16-7(2)9-3-10(12)17-11(9)13/h3-7,16H,1-2H3,(H,14,15). The predicted molar refractivity (Wildman–Crippen MR) is 72.9 cm³/mol. The van der Waals surface area contributed by atoms with E-state index in [1.807, 2.05) is 18.5 Å². The highest BCUT2D eigenvalue weighted by atomic mass is 35.5. The van der Waals surface area contributed by atoms with E-state index in [-0.39, 0.29) is 12.1 Å². The van der Waals surface area contributed by atoms with Gasteiger partial charge in [-0.3, -0.25) is 5.10 Å². The number of halogens is 2. The third-order valence-corrected chi connectivity index (χ3v) is 4.19. The molecule has 2 unspecified atom stereocenters. The second kappa shape index (κ2) is 5.40. The highest BCUT2D eigenvalue weighted by Gasteiger charge is 2.16. The molecule has 2 atom stereocenters. The van der Waals surface area contributed by atoms with Crippen molar-refractivity contribution >= 4 is 34.5 Å². The molecule has 0 fully saturated rings. The maximum absolute atomic E-state index is 6.12. The molecule has 0 spiro atoms. The maximum Gasteiger partial charge on any atom is 0.0991 e. The van der Waals surface area contributed by atoms with E-state index >= 15 is 0 Å². The van der Waals surface area contributed by atoms with Gasteiger partial charge < -0.3 is 5.32 Å². The lowest BCUT2D eigenvalue weighted by Crippen LogP contribution is -2.22. The molecule has 0 radical (unpaired) electrons. The zero-order chi connectivity index (χ0) is 12.4. The van der Waals surface area contributed by atoms with Crippen LogP contribution in [0.1, 0.15) is 37.1 Å². The summed E-state index contributed by atoms with van der Waals surface area (Å²) in [6.45, 7) is 4.16. The average molecular weight is 290 g/mol. The van der Waals surface area contributed by atoms with Crippen molar-refractivity contribution in [1.29, 1.82) is 0 Å². The first-order valence-electron chi connectivity index (χ1n) is 5.27. The fraction of sp³-hybridized carbons (Fsp3) is 0.364. The van der Waals surface area contributed by atoms with Gasteiger partial charge in [0.25, 0.3) is 0 Å². The summed E-state index contributed by atoms with van der Waals surface area (Å²) in [5.74, 6) is 0. The Bertz CT molecular complexity index is 481. The van der Waals surface area contributed by atoms with E-state index in [4.69, 9.17) is 23.2 Å². The van der Waals surface area contributed by atoms with Crippen LogP contribution in [0.15, 0.2) is 18.5 Å². The van der Waals surface area contributed by atoms with Crippen LogP contribution in [0.5, 0.6) is 0 Å². The maximum atomic E-state index is 6.12. The van der Waals surface area contributed by atoms with E-state index in [1.54, 1.807) is 0 Å². The Morgan fingerprint density at radius 1 is 1.35 bits per heavy atom. The molecule has 2 N–H and O–H groups in total. The molecule has 92 valence electrons. The van der Waals surface area contributed by atoms with E-state index in [0.717, 1.165) is 19.8 Å². The zero-order valence-corrected chi connectivity index (χ0v) is 11.8. The number of nitrogens with one attached hydrogen (secondary N) is 2. The summed E-state index contributed by atoms with van der Waals surface area (Å²) < 4.78 is 1.46. The van der Waals surface area contributed by atoms with Crippen LogP contribution in [-0.4, -0.2) is 10.2 Å². The van der Waals surface area contributed by atoms with Gasteiger partial charge in [0, 0.05) is 23.8 Å². The molecule has 6 heteroatoms. The number of rotatable bonds is 4. The molecule has 2 aromatic heterocycles. The fourth-order valence-electron chi connectivity index (χ4n) is 1.71. The van der Waals surface area contributed by atoms with Gasteiger partial charge in [0.05, 0.1) is 14.9 Å². The lowest BCUT2D eigenvalue weighted by Gasteiger charge is -2.18. The van der Waals surface area contributed by atoms with Gasteiger partial charge in [-0.1, -0.05) is 23.2 Å². The molecule has 3 nitrogen and oxygen atoms in total. The molecule has 2 aromatic rings. The van der Waals surface area contributed by atoms with Gasteiger partial charge in [0.1, 0.15) is 0 Å². The van der Waals surface area contributed by atoms with Crippen molar-refractivity contribution in [2.75, 3.05) is 0 Å². The molecule has 0 saturated heterocycles. The lowest BCUT2D eigenvalue weighted by molar-refractivity contribution is 0.496. The van der Waals surface area contributed by atoms with Crippen molar-refractivity contribution < 1.29 is 0 Å². The van der Waals surface area contributed by atoms with Crippen molar-refractivity contribution in [3.05, 3.63) is 38.3 Å². The molecule has 0 saturated carbocycles. The van der Waals surface area contributed by atoms with E-state index in [1.165, 1.54) is 11.3 Å². The van der Waals surface area contributed by atoms with Crippen LogP contribution >= 0.6 is 34.5 Å². The summed E-state index contributed by atoms with van der Waals surface area (Å²) in [5, 5.41) is 10.2. The molecule has 2 rings (SSSR count). The van der Waals surface area contributed by atoms with Gasteiger partial charge in [-0.2, -0.15) is 5.10 Å². The van der Waals surface area contributed by atoms with Crippen molar-refractivity contribution in [1.82, 2.24) is 15.5 Å². The van der Waals surface area contributed by atoms with E-state index < -0.39 is 0 Å². The van der Waals surface area contributed by atoms with Crippen molar-refractivity contribution in [2.45, 2.75) is 25.9 Å². The van der Waals surface area contributed by atoms with Crippen LogP contribution in [0.2, 0.25) is 8.67 Å². The number of aromatic amines is 1. The number of hydrogen-bond acceptors (Lipinski definition) is 3. The Morgan fingerprint density at radius 3 is 2.65 bits per heavy atom. The van der Waals surface area contributed by atoms with Gasteiger partial charge in [-0.25, -0.2) is 0 Å². The molecule has 0 aliphatic heterocycles. The number of hydrogen-bond donors (Lipinski definition) is 2. The summed E-state index contributed by atoms with van der Waals surface area (Å²) >= 11 is 13.5. The Hall–Kier alpha value is -0.550. The zero-order valence-electron chi connectivity index (χ0n) is 9.50.